The first kappa shape index (κ1) is 16.9. The van der Waals surface area contributed by atoms with Crippen LogP contribution < -0.4 is 16.0 Å². The second-order valence-electron chi connectivity index (χ2n) is 4.51. The number of nitrogens with one attached hydrogen (secondary N) is 3. The predicted octanol–water partition coefficient (Wildman–Crippen LogP) is 1.78. The largest absolute Gasteiger partial charge is 0.341 e. The Morgan fingerprint density at radius 3 is 2.28 bits per heavy atom. The maximum absolute atomic E-state index is 11.5. The summed E-state index contributed by atoms with van der Waals surface area (Å²) >= 11 is 0. The van der Waals surface area contributed by atoms with Crippen LogP contribution in [0.1, 0.15) is 52.4 Å². The van der Waals surface area contributed by atoms with Gasteiger partial charge in [0.05, 0.1) is 6.04 Å². The van der Waals surface area contributed by atoms with Crippen molar-refractivity contribution in [2.45, 2.75) is 58.4 Å². The summed E-state index contributed by atoms with van der Waals surface area (Å²) in [7, 11) is 1.48. The van der Waals surface area contributed by atoms with Gasteiger partial charge >= 0.3 is 6.03 Å². The van der Waals surface area contributed by atoms with Crippen molar-refractivity contribution in [3.8, 4) is 0 Å². The molecule has 0 aliphatic carbocycles. The van der Waals surface area contributed by atoms with E-state index in [2.05, 4.69) is 22.9 Å². The van der Waals surface area contributed by atoms with Gasteiger partial charge in [0.1, 0.15) is 0 Å². The first-order chi connectivity index (χ1) is 8.61. The molecule has 0 aromatic heterocycles. The Bertz CT molecular complexity index is 244. The van der Waals surface area contributed by atoms with Crippen molar-refractivity contribution in [3.05, 3.63) is 0 Å². The minimum Gasteiger partial charge on any atom is -0.341 e. The van der Waals surface area contributed by atoms with Crippen molar-refractivity contribution >= 4 is 11.9 Å². The lowest BCUT2D eigenvalue weighted by atomic mass is 10.1. The molecule has 0 aromatic rings. The van der Waals surface area contributed by atoms with Gasteiger partial charge in [-0.25, -0.2) is 4.79 Å². The van der Waals surface area contributed by atoms with Gasteiger partial charge in [0.2, 0.25) is 5.91 Å². The topological polar surface area (TPSA) is 70.2 Å². The molecule has 1 atom stereocenters. The van der Waals surface area contributed by atoms with Crippen LogP contribution in [-0.2, 0) is 4.79 Å². The average molecular weight is 257 g/mol. The van der Waals surface area contributed by atoms with E-state index in [9.17, 15) is 9.59 Å². The van der Waals surface area contributed by atoms with E-state index >= 15 is 0 Å². The van der Waals surface area contributed by atoms with E-state index in [1.165, 1.54) is 39.2 Å². The lowest BCUT2D eigenvalue weighted by Gasteiger charge is -2.12. The van der Waals surface area contributed by atoms with Gasteiger partial charge in [-0.2, -0.15) is 0 Å². The van der Waals surface area contributed by atoms with Crippen molar-refractivity contribution < 1.29 is 9.59 Å². The molecule has 0 saturated heterocycles. The highest BCUT2D eigenvalue weighted by atomic mass is 16.2. The fourth-order valence-corrected chi connectivity index (χ4v) is 1.60. The first-order valence-electron chi connectivity index (χ1n) is 6.87. The number of imide groups is 1. The van der Waals surface area contributed by atoms with E-state index in [4.69, 9.17) is 0 Å². The van der Waals surface area contributed by atoms with Gasteiger partial charge in [-0.05, 0) is 19.9 Å². The Morgan fingerprint density at radius 1 is 1.06 bits per heavy atom. The van der Waals surface area contributed by atoms with Crippen LogP contribution in [0, 0.1) is 0 Å². The summed E-state index contributed by atoms with van der Waals surface area (Å²) in [5.41, 5.74) is 0. The molecule has 0 bridgehead atoms. The van der Waals surface area contributed by atoms with E-state index in [0.717, 1.165) is 13.0 Å². The number of amides is 3. The predicted molar refractivity (Wildman–Crippen MR) is 73.4 cm³/mol. The zero-order chi connectivity index (χ0) is 13.8. The van der Waals surface area contributed by atoms with Gasteiger partial charge in [0, 0.05) is 7.05 Å². The zero-order valence-electron chi connectivity index (χ0n) is 11.8. The number of urea groups is 1. The second kappa shape index (κ2) is 11.0. The van der Waals surface area contributed by atoms with Crippen LogP contribution in [0.15, 0.2) is 0 Å². The van der Waals surface area contributed by atoms with E-state index < -0.39 is 6.03 Å². The van der Waals surface area contributed by atoms with Crippen molar-refractivity contribution in [1.29, 1.82) is 0 Å². The van der Waals surface area contributed by atoms with Crippen LogP contribution in [0.2, 0.25) is 0 Å². The molecule has 106 valence electrons. The van der Waals surface area contributed by atoms with Crippen LogP contribution in [-0.4, -0.2) is 31.6 Å². The molecule has 3 amide bonds. The molecule has 0 aromatic carbocycles. The molecule has 5 heteroatoms. The Hall–Kier alpha value is -1.10. The van der Waals surface area contributed by atoms with Crippen LogP contribution in [0.3, 0.4) is 0 Å². The summed E-state index contributed by atoms with van der Waals surface area (Å²) in [4.78, 5) is 22.4. The quantitative estimate of drug-likeness (QED) is 0.551. The van der Waals surface area contributed by atoms with Gasteiger partial charge < -0.3 is 10.6 Å². The van der Waals surface area contributed by atoms with E-state index in [-0.39, 0.29) is 11.9 Å². The Balaban J connectivity index is 3.49. The summed E-state index contributed by atoms with van der Waals surface area (Å²) in [6.45, 7) is 4.78. The van der Waals surface area contributed by atoms with Gasteiger partial charge in [0.25, 0.3) is 0 Å². The number of carbonyl (C=O) groups excluding carboxylic acids is 2. The molecule has 18 heavy (non-hydrogen) atoms. The number of rotatable bonds is 9. The third-order valence-electron chi connectivity index (χ3n) is 2.84. The second-order valence-corrected chi connectivity index (χ2v) is 4.51. The van der Waals surface area contributed by atoms with Crippen LogP contribution >= 0.6 is 0 Å². The van der Waals surface area contributed by atoms with E-state index in [0.29, 0.717) is 0 Å². The number of hydrogen-bond donors (Lipinski definition) is 3. The Morgan fingerprint density at radius 2 is 1.67 bits per heavy atom. The maximum Gasteiger partial charge on any atom is 0.321 e. The smallest absolute Gasteiger partial charge is 0.321 e. The monoisotopic (exact) mass is 257 g/mol. The number of unbranched alkanes of at least 4 members (excludes halogenated alkanes) is 5. The van der Waals surface area contributed by atoms with Crippen molar-refractivity contribution in [1.82, 2.24) is 16.0 Å². The Kier molecular flexibility index (Phi) is 10.3. The van der Waals surface area contributed by atoms with Gasteiger partial charge in [-0.3, -0.25) is 10.1 Å². The third-order valence-corrected chi connectivity index (χ3v) is 2.84. The molecule has 0 spiro atoms. The molecule has 5 nitrogen and oxygen atoms in total. The average Bonchev–Trinajstić information content (AvgIpc) is 2.37. The molecule has 0 radical (unpaired) electrons. The van der Waals surface area contributed by atoms with E-state index in [1.807, 2.05) is 0 Å². The van der Waals surface area contributed by atoms with E-state index in [1.54, 1.807) is 6.92 Å². The van der Waals surface area contributed by atoms with Gasteiger partial charge in [0.15, 0.2) is 0 Å². The summed E-state index contributed by atoms with van der Waals surface area (Å²) in [5.74, 6) is -0.291. The van der Waals surface area contributed by atoms with Gasteiger partial charge in [-0.1, -0.05) is 39.0 Å². The molecule has 0 aliphatic heterocycles. The highest BCUT2D eigenvalue weighted by Gasteiger charge is 2.13. The third kappa shape index (κ3) is 8.98. The molecule has 1 unspecified atom stereocenters. The number of carbonyl (C=O) groups is 2. The van der Waals surface area contributed by atoms with Crippen molar-refractivity contribution in [3.63, 3.8) is 0 Å². The summed E-state index contributed by atoms with van der Waals surface area (Å²) < 4.78 is 0. The first-order valence-corrected chi connectivity index (χ1v) is 6.87. The SMILES string of the molecule is CCCCCCCCNC(C)C(=O)NC(=O)NC. The van der Waals surface area contributed by atoms with Crippen molar-refractivity contribution in [2.24, 2.45) is 0 Å². The molecule has 0 rings (SSSR count). The fourth-order valence-electron chi connectivity index (χ4n) is 1.60. The number of hydrogen-bond acceptors (Lipinski definition) is 3. The maximum atomic E-state index is 11.5. The molecular formula is C13H27N3O2. The minimum absolute atomic E-state index is 0.291. The molecule has 0 heterocycles. The lowest BCUT2D eigenvalue weighted by molar-refractivity contribution is -0.121. The fraction of sp³-hybridized carbons (Fsp3) is 0.846. The Labute approximate surface area is 110 Å². The van der Waals surface area contributed by atoms with Crippen LogP contribution in [0.4, 0.5) is 4.79 Å². The minimum atomic E-state index is -0.465. The standard InChI is InChI=1S/C13H27N3O2/c1-4-5-6-7-8-9-10-15-11(2)12(17)16-13(18)14-3/h11,15H,4-10H2,1-3H3,(H2,14,16,17,18). The molecule has 3 N–H and O–H groups in total. The lowest BCUT2D eigenvalue weighted by Crippen LogP contribution is -2.47. The normalized spacial score (nSPS) is 11.9. The summed E-state index contributed by atoms with van der Waals surface area (Å²) in [6.07, 6.45) is 7.38. The summed E-state index contributed by atoms with van der Waals surface area (Å²) in [6, 6.07) is -0.800. The molecule has 0 fully saturated rings. The van der Waals surface area contributed by atoms with Crippen molar-refractivity contribution in [2.75, 3.05) is 13.6 Å². The molecule has 0 aliphatic rings. The molecular weight excluding hydrogens is 230 g/mol. The van der Waals surface area contributed by atoms with Crippen LogP contribution in [0.25, 0.3) is 0 Å². The highest BCUT2D eigenvalue weighted by Crippen LogP contribution is 2.04. The zero-order valence-corrected chi connectivity index (χ0v) is 11.8. The summed E-state index contributed by atoms with van der Waals surface area (Å²) in [5, 5.41) is 7.71. The van der Waals surface area contributed by atoms with Crippen LogP contribution in [0.5, 0.6) is 0 Å². The van der Waals surface area contributed by atoms with Gasteiger partial charge in [-0.15, -0.1) is 0 Å². The highest BCUT2D eigenvalue weighted by molar-refractivity contribution is 5.96. The molecule has 0 saturated carbocycles.